The first-order valence-electron chi connectivity index (χ1n) is 9.57. The minimum atomic E-state index is -0.699. The SMILES string of the molecule is COc1ccc(-c2noc(CN(C(=O)C(C)Oc3cccc(Cl)c3)C(C)C)n2)cc1. The molecule has 0 saturated heterocycles. The van der Waals surface area contributed by atoms with Crippen molar-refractivity contribution in [3.63, 3.8) is 0 Å². The molecule has 1 heterocycles. The van der Waals surface area contributed by atoms with Crippen molar-refractivity contribution >= 4 is 17.5 Å². The highest BCUT2D eigenvalue weighted by atomic mass is 35.5. The normalized spacial score (nSPS) is 11.9. The average Bonchev–Trinajstić information content (AvgIpc) is 3.20. The zero-order valence-corrected chi connectivity index (χ0v) is 18.1. The number of carbonyl (C=O) groups excluding carboxylic acids is 1. The van der Waals surface area contributed by atoms with E-state index in [1.54, 1.807) is 43.2 Å². The number of benzene rings is 2. The molecule has 0 spiro atoms. The Balaban J connectivity index is 1.70. The number of methoxy groups -OCH3 is 1. The lowest BCUT2D eigenvalue weighted by molar-refractivity contribution is -0.140. The summed E-state index contributed by atoms with van der Waals surface area (Å²) in [6, 6.07) is 14.2. The average molecular weight is 430 g/mol. The van der Waals surface area contributed by atoms with Gasteiger partial charge in [-0.3, -0.25) is 4.79 Å². The van der Waals surface area contributed by atoms with Gasteiger partial charge in [0.05, 0.1) is 7.11 Å². The summed E-state index contributed by atoms with van der Waals surface area (Å²) in [4.78, 5) is 19.1. The van der Waals surface area contributed by atoms with Crippen LogP contribution in [0.25, 0.3) is 11.4 Å². The molecule has 1 amide bonds. The molecule has 0 bridgehead atoms. The van der Waals surface area contributed by atoms with Crippen molar-refractivity contribution in [3.05, 3.63) is 59.4 Å². The molecule has 0 saturated carbocycles. The molecule has 3 aromatic rings. The van der Waals surface area contributed by atoms with Crippen LogP contribution in [0.5, 0.6) is 11.5 Å². The Morgan fingerprint density at radius 3 is 2.50 bits per heavy atom. The van der Waals surface area contributed by atoms with E-state index in [-0.39, 0.29) is 18.5 Å². The molecule has 0 aliphatic rings. The molecular weight excluding hydrogens is 406 g/mol. The topological polar surface area (TPSA) is 77.7 Å². The Morgan fingerprint density at radius 2 is 1.87 bits per heavy atom. The summed E-state index contributed by atoms with van der Waals surface area (Å²) in [6.45, 7) is 5.73. The predicted molar refractivity (Wildman–Crippen MR) is 114 cm³/mol. The molecule has 0 fully saturated rings. The lowest BCUT2D eigenvalue weighted by Gasteiger charge is -2.28. The first-order valence-corrected chi connectivity index (χ1v) is 9.95. The van der Waals surface area contributed by atoms with Crippen molar-refractivity contribution in [2.24, 2.45) is 0 Å². The minimum absolute atomic E-state index is 0.0840. The standard InChI is InChI=1S/C22H24ClN3O4/c1-14(2)26(22(27)15(3)29-19-7-5-6-17(23)12-19)13-20-24-21(25-30-20)16-8-10-18(28-4)11-9-16/h5-12,14-15H,13H2,1-4H3. The zero-order chi connectivity index (χ0) is 21.7. The maximum atomic E-state index is 13.0. The summed E-state index contributed by atoms with van der Waals surface area (Å²) in [7, 11) is 1.61. The van der Waals surface area contributed by atoms with Crippen molar-refractivity contribution in [3.8, 4) is 22.9 Å². The molecule has 3 rings (SSSR count). The highest BCUT2D eigenvalue weighted by Crippen LogP contribution is 2.22. The smallest absolute Gasteiger partial charge is 0.264 e. The number of rotatable bonds is 8. The number of halogens is 1. The van der Waals surface area contributed by atoms with Crippen LogP contribution in [0.1, 0.15) is 26.7 Å². The molecule has 1 atom stereocenters. The van der Waals surface area contributed by atoms with Crippen LogP contribution in [0.4, 0.5) is 0 Å². The molecule has 1 aromatic heterocycles. The fourth-order valence-corrected chi connectivity index (χ4v) is 3.05. The molecule has 158 valence electrons. The van der Waals surface area contributed by atoms with Gasteiger partial charge in [-0.2, -0.15) is 4.98 Å². The largest absolute Gasteiger partial charge is 0.497 e. The fourth-order valence-electron chi connectivity index (χ4n) is 2.87. The van der Waals surface area contributed by atoms with Gasteiger partial charge < -0.3 is 18.9 Å². The number of amides is 1. The Labute approximate surface area is 180 Å². The van der Waals surface area contributed by atoms with Gasteiger partial charge in [0.15, 0.2) is 6.10 Å². The second-order valence-electron chi connectivity index (χ2n) is 7.02. The van der Waals surface area contributed by atoms with Gasteiger partial charge in [-0.25, -0.2) is 0 Å². The molecule has 0 aliphatic carbocycles. The highest BCUT2D eigenvalue weighted by Gasteiger charge is 2.26. The quantitative estimate of drug-likeness (QED) is 0.520. The second-order valence-corrected chi connectivity index (χ2v) is 7.45. The summed E-state index contributed by atoms with van der Waals surface area (Å²) >= 11 is 5.99. The van der Waals surface area contributed by atoms with Crippen LogP contribution in [0.3, 0.4) is 0 Å². The third-order valence-electron chi connectivity index (χ3n) is 4.49. The van der Waals surface area contributed by atoms with E-state index < -0.39 is 6.10 Å². The maximum absolute atomic E-state index is 13.0. The fraction of sp³-hybridized carbons (Fsp3) is 0.318. The van der Waals surface area contributed by atoms with Gasteiger partial charge >= 0.3 is 0 Å². The van der Waals surface area contributed by atoms with Crippen LogP contribution < -0.4 is 9.47 Å². The van der Waals surface area contributed by atoms with Crippen LogP contribution >= 0.6 is 11.6 Å². The molecule has 8 heteroatoms. The van der Waals surface area contributed by atoms with Gasteiger partial charge in [-0.05, 0) is 63.2 Å². The first-order chi connectivity index (χ1) is 14.4. The number of nitrogens with zero attached hydrogens (tertiary/aromatic N) is 3. The molecular formula is C22H24ClN3O4. The molecule has 7 nitrogen and oxygen atoms in total. The van der Waals surface area contributed by atoms with Crippen molar-refractivity contribution < 1.29 is 18.8 Å². The van der Waals surface area contributed by atoms with E-state index in [0.29, 0.717) is 22.5 Å². The summed E-state index contributed by atoms with van der Waals surface area (Å²) in [5, 5.41) is 4.57. The van der Waals surface area contributed by atoms with E-state index in [1.165, 1.54) is 0 Å². The molecule has 0 aliphatic heterocycles. The van der Waals surface area contributed by atoms with Gasteiger partial charge in [0.2, 0.25) is 11.7 Å². The number of carbonyl (C=O) groups is 1. The minimum Gasteiger partial charge on any atom is -0.497 e. The molecule has 1 unspecified atom stereocenters. The third kappa shape index (κ3) is 5.30. The molecule has 0 N–H and O–H groups in total. The number of ether oxygens (including phenoxy) is 2. The Bertz CT molecular complexity index is 988. The van der Waals surface area contributed by atoms with Gasteiger partial charge in [-0.1, -0.05) is 22.8 Å². The van der Waals surface area contributed by atoms with Crippen LogP contribution in [-0.4, -0.2) is 40.2 Å². The van der Waals surface area contributed by atoms with Gasteiger partial charge in [0, 0.05) is 16.6 Å². The van der Waals surface area contributed by atoms with Crippen LogP contribution in [0, 0.1) is 0 Å². The molecule has 2 aromatic carbocycles. The van der Waals surface area contributed by atoms with Crippen molar-refractivity contribution in [2.75, 3.05) is 7.11 Å². The van der Waals surface area contributed by atoms with Crippen LogP contribution in [0.2, 0.25) is 5.02 Å². The number of aromatic nitrogens is 2. The van der Waals surface area contributed by atoms with E-state index in [9.17, 15) is 4.79 Å². The summed E-state index contributed by atoms with van der Waals surface area (Å²) < 4.78 is 16.3. The van der Waals surface area contributed by atoms with Crippen molar-refractivity contribution in [1.82, 2.24) is 15.0 Å². The lowest BCUT2D eigenvalue weighted by Crippen LogP contribution is -2.43. The number of hydrogen-bond acceptors (Lipinski definition) is 6. The van der Waals surface area contributed by atoms with Gasteiger partial charge in [0.1, 0.15) is 18.0 Å². The van der Waals surface area contributed by atoms with Gasteiger partial charge in [-0.15, -0.1) is 0 Å². The van der Waals surface area contributed by atoms with E-state index in [2.05, 4.69) is 10.1 Å². The summed E-state index contributed by atoms with van der Waals surface area (Å²) in [5.74, 6) is 1.89. The third-order valence-corrected chi connectivity index (χ3v) is 4.72. The van der Waals surface area contributed by atoms with Crippen LogP contribution in [0.15, 0.2) is 53.1 Å². The monoisotopic (exact) mass is 429 g/mol. The second kappa shape index (κ2) is 9.63. The molecule has 0 radical (unpaired) electrons. The van der Waals surface area contributed by atoms with E-state index >= 15 is 0 Å². The maximum Gasteiger partial charge on any atom is 0.264 e. The molecule has 30 heavy (non-hydrogen) atoms. The highest BCUT2D eigenvalue weighted by molar-refractivity contribution is 6.30. The lowest BCUT2D eigenvalue weighted by atomic mass is 10.2. The zero-order valence-electron chi connectivity index (χ0n) is 17.3. The van der Waals surface area contributed by atoms with E-state index in [1.807, 2.05) is 38.1 Å². The predicted octanol–water partition coefficient (Wildman–Crippen LogP) is 4.60. The Hall–Kier alpha value is -3.06. The van der Waals surface area contributed by atoms with Crippen molar-refractivity contribution in [2.45, 2.75) is 39.5 Å². The van der Waals surface area contributed by atoms with E-state index in [4.69, 9.17) is 25.6 Å². The van der Waals surface area contributed by atoms with Crippen molar-refractivity contribution in [1.29, 1.82) is 0 Å². The van der Waals surface area contributed by atoms with Gasteiger partial charge in [0.25, 0.3) is 5.91 Å². The Morgan fingerprint density at radius 1 is 1.13 bits per heavy atom. The van der Waals surface area contributed by atoms with Crippen LogP contribution in [-0.2, 0) is 11.3 Å². The first kappa shape index (κ1) is 21.6. The summed E-state index contributed by atoms with van der Waals surface area (Å²) in [5.41, 5.74) is 0.797. The van der Waals surface area contributed by atoms with E-state index in [0.717, 1.165) is 11.3 Å². The summed E-state index contributed by atoms with van der Waals surface area (Å²) in [6.07, 6.45) is -0.699. The number of hydrogen-bond donors (Lipinski definition) is 0. The Kier molecular flexibility index (Phi) is 6.95.